The normalized spacial score (nSPS) is 11.8. The van der Waals surface area contributed by atoms with E-state index in [9.17, 15) is 13.2 Å². The number of rotatable bonds is 6. The number of carbonyl (C=O) groups excluding carboxylic acids is 1. The van der Waals surface area contributed by atoms with E-state index in [0.717, 1.165) is 4.47 Å². The summed E-state index contributed by atoms with van der Waals surface area (Å²) in [5.74, 6) is -0.337. The maximum absolute atomic E-state index is 12.7. The van der Waals surface area contributed by atoms with E-state index >= 15 is 0 Å². The van der Waals surface area contributed by atoms with Crippen LogP contribution in [0, 0.1) is 6.92 Å². The van der Waals surface area contributed by atoms with E-state index in [1.807, 2.05) is 6.92 Å². The molecule has 0 aliphatic rings. The van der Waals surface area contributed by atoms with Crippen LogP contribution in [0.5, 0.6) is 0 Å². The van der Waals surface area contributed by atoms with Gasteiger partial charge in [0.1, 0.15) is 0 Å². The Labute approximate surface area is 162 Å². The van der Waals surface area contributed by atoms with Crippen molar-refractivity contribution >= 4 is 43.2 Å². The molecule has 0 bridgehead atoms. The Morgan fingerprint density at radius 1 is 1.04 bits per heavy atom. The summed E-state index contributed by atoms with van der Waals surface area (Å²) >= 11 is 3.31. The van der Waals surface area contributed by atoms with Crippen molar-refractivity contribution in [1.82, 2.24) is 0 Å². The van der Waals surface area contributed by atoms with Crippen LogP contribution in [-0.4, -0.2) is 14.3 Å². The predicted octanol–water partition coefficient (Wildman–Crippen LogP) is 4.63. The number of hydrogen-bond acceptors (Lipinski definition) is 3. The fourth-order valence-corrected chi connectivity index (χ4v) is 3.73. The number of sulfonamides is 1. The lowest BCUT2D eigenvalue weighted by Gasteiger charge is -2.12. The van der Waals surface area contributed by atoms with Crippen molar-refractivity contribution in [1.29, 1.82) is 0 Å². The minimum atomic E-state index is -3.78. The van der Waals surface area contributed by atoms with Crippen LogP contribution in [0.3, 0.4) is 0 Å². The number of nitrogens with one attached hydrogen (secondary N) is 2. The quantitative estimate of drug-likeness (QED) is 0.513. The number of hydrogen-bond donors (Lipinski definition) is 2. The number of allylic oxidation sites excluding steroid dienone is 3. The molecule has 0 aliphatic carbocycles. The molecule has 5 nitrogen and oxygen atoms in total. The van der Waals surface area contributed by atoms with Crippen molar-refractivity contribution in [2.24, 2.45) is 0 Å². The molecule has 0 saturated heterocycles. The summed E-state index contributed by atoms with van der Waals surface area (Å²) in [7, 11) is -3.78. The summed E-state index contributed by atoms with van der Waals surface area (Å²) in [6.07, 6.45) is 6.51. The van der Waals surface area contributed by atoms with Crippen LogP contribution in [0.2, 0.25) is 0 Å². The first-order valence-corrected chi connectivity index (χ1v) is 10.1. The van der Waals surface area contributed by atoms with Gasteiger partial charge in [0.15, 0.2) is 0 Å². The molecule has 0 aliphatic heterocycles. The van der Waals surface area contributed by atoms with E-state index in [2.05, 4.69) is 26.0 Å². The van der Waals surface area contributed by atoms with E-state index in [-0.39, 0.29) is 10.8 Å². The van der Waals surface area contributed by atoms with Gasteiger partial charge in [-0.3, -0.25) is 9.52 Å². The molecule has 136 valence electrons. The van der Waals surface area contributed by atoms with Gasteiger partial charge in [-0.25, -0.2) is 8.42 Å². The Kier molecular flexibility index (Phi) is 6.76. The minimum absolute atomic E-state index is 0.107. The molecule has 0 saturated carbocycles. The Morgan fingerprint density at radius 3 is 2.35 bits per heavy atom. The Balaban J connectivity index is 2.25. The van der Waals surface area contributed by atoms with Crippen LogP contribution in [0.4, 0.5) is 11.4 Å². The van der Waals surface area contributed by atoms with Crippen LogP contribution in [0.25, 0.3) is 0 Å². The number of aryl methyl sites for hydroxylation is 1. The lowest BCUT2D eigenvalue weighted by molar-refractivity contribution is -0.111. The van der Waals surface area contributed by atoms with Crippen LogP contribution in [0.1, 0.15) is 12.5 Å². The third-order valence-electron chi connectivity index (χ3n) is 3.39. The van der Waals surface area contributed by atoms with Gasteiger partial charge >= 0.3 is 0 Å². The summed E-state index contributed by atoms with van der Waals surface area (Å²) in [4.78, 5) is 12.0. The number of benzene rings is 2. The van der Waals surface area contributed by atoms with Crippen LogP contribution < -0.4 is 10.0 Å². The molecule has 0 spiro atoms. The standard InChI is InChI=1S/C19H19BrN2O3S/c1-3-4-5-6-19(23)21-17-10-7-14(2)18(13-17)26(24,25)22-16-11-8-15(20)9-12-16/h3-13,22H,1-2H3,(H,21,23)/b4-3+,6-5+. The second-order valence-electron chi connectivity index (χ2n) is 5.47. The zero-order valence-corrected chi connectivity index (χ0v) is 16.8. The third kappa shape index (κ3) is 5.57. The Bertz CT molecular complexity index is 949. The molecule has 1 amide bonds. The number of halogens is 1. The van der Waals surface area contributed by atoms with Crippen molar-refractivity contribution in [3.63, 3.8) is 0 Å². The van der Waals surface area contributed by atoms with Crippen LogP contribution in [-0.2, 0) is 14.8 Å². The predicted molar refractivity (Wildman–Crippen MR) is 109 cm³/mol. The van der Waals surface area contributed by atoms with E-state index in [4.69, 9.17) is 0 Å². The molecule has 0 atom stereocenters. The fourth-order valence-electron chi connectivity index (χ4n) is 2.13. The van der Waals surface area contributed by atoms with Gasteiger partial charge in [-0.2, -0.15) is 0 Å². The maximum atomic E-state index is 12.7. The van der Waals surface area contributed by atoms with Gasteiger partial charge in [0.05, 0.1) is 4.90 Å². The molecule has 7 heteroatoms. The maximum Gasteiger partial charge on any atom is 0.262 e. The van der Waals surface area contributed by atoms with E-state index < -0.39 is 10.0 Å². The van der Waals surface area contributed by atoms with Crippen LogP contribution in [0.15, 0.2) is 76.1 Å². The minimum Gasteiger partial charge on any atom is -0.322 e. The first kappa shape index (κ1) is 19.9. The van der Waals surface area contributed by atoms with Crippen molar-refractivity contribution in [3.05, 3.63) is 76.8 Å². The number of anilines is 2. The molecular weight excluding hydrogens is 416 g/mol. The molecular formula is C19H19BrN2O3S. The first-order valence-electron chi connectivity index (χ1n) is 7.81. The highest BCUT2D eigenvalue weighted by Crippen LogP contribution is 2.24. The number of carbonyl (C=O) groups is 1. The van der Waals surface area contributed by atoms with Crippen molar-refractivity contribution in [3.8, 4) is 0 Å². The average Bonchev–Trinajstić information content (AvgIpc) is 2.58. The third-order valence-corrected chi connectivity index (χ3v) is 5.44. The second-order valence-corrected chi connectivity index (χ2v) is 8.03. The summed E-state index contributed by atoms with van der Waals surface area (Å²) in [5.41, 5.74) is 1.44. The molecule has 2 aromatic carbocycles. The molecule has 0 fully saturated rings. The van der Waals surface area contributed by atoms with Gasteiger partial charge in [-0.15, -0.1) is 0 Å². The lowest BCUT2D eigenvalue weighted by Crippen LogP contribution is -2.15. The largest absolute Gasteiger partial charge is 0.322 e. The van der Waals surface area contributed by atoms with E-state index in [1.54, 1.807) is 61.5 Å². The molecule has 0 heterocycles. The summed E-state index contributed by atoms with van der Waals surface area (Å²) < 4.78 is 28.8. The highest BCUT2D eigenvalue weighted by Gasteiger charge is 2.18. The number of amides is 1. The van der Waals surface area contributed by atoms with Crippen LogP contribution >= 0.6 is 15.9 Å². The topological polar surface area (TPSA) is 75.3 Å². The van der Waals surface area contributed by atoms with Gasteiger partial charge in [0.25, 0.3) is 10.0 Å². The average molecular weight is 435 g/mol. The highest BCUT2D eigenvalue weighted by atomic mass is 79.9. The van der Waals surface area contributed by atoms with Crippen molar-refractivity contribution in [2.75, 3.05) is 10.0 Å². The second kappa shape index (κ2) is 8.82. The molecule has 0 unspecified atom stereocenters. The zero-order chi connectivity index (χ0) is 19.2. The van der Waals surface area contributed by atoms with E-state index in [0.29, 0.717) is 16.9 Å². The molecule has 0 aromatic heterocycles. The first-order chi connectivity index (χ1) is 12.3. The zero-order valence-electron chi connectivity index (χ0n) is 14.4. The summed E-state index contributed by atoms with van der Waals surface area (Å²) in [6.45, 7) is 3.55. The molecule has 0 radical (unpaired) electrons. The molecule has 2 aromatic rings. The van der Waals surface area contributed by atoms with Gasteiger partial charge in [-0.1, -0.05) is 40.2 Å². The van der Waals surface area contributed by atoms with Crippen molar-refractivity contribution < 1.29 is 13.2 Å². The Morgan fingerprint density at radius 2 is 1.69 bits per heavy atom. The van der Waals surface area contributed by atoms with E-state index in [1.165, 1.54) is 12.1 Å². The van der Waals surface area contributed by atoms with Crippen molar-refractivity contribution in [2.45, 2.75) is 18.7 Å². The molecule has 26 heavy (non-hydrogen) atoms. The lowest BCUT2D eigenvalue weighted by atomic mass is 10.2. The SMILES string of the molecule is C/C=C/C=C/C(=O)Nc1ccc(C)c(S(=O)(=O)Nc2ccc(Br)cc2)c1. The Hall–Kier alpha value is -2.38. The summed E-state index contributed by atoms with van der Waals surface area (Å²) in [5, 5.41) is 2.65. The van der Waals surface area contributed by atoms with Gasteiger partial charge in [0, 0.05) is 21.9 Å². The molecule has 2 rings (SSSR count). The fraction of sp³-hybridized carbons (Fsp3) is 0.105. The highest BCUT2D eigenvalue weighted by molar-refractivity contribution is 9.10. The van der Waals surface area contributed by atoms with Gasteiger partial charge in [-0.05, 0) is 55.8 Å². The summed E-state index contributed by atoms with van der Waals surface area (Å²) in [6, 6.07) is 11.6. The van der Waals surface area contributed by atoms with Gasteiger partial charge in [0.2, 0.25) is 5.91 Å². The smallest absolute Gasteiger partial charge is 0.262 e. The van der Waals surface area contributed by atoms with Gasteiger partial charge < -0.3 is 5.32 Å². The molecule has 2 N–H and O–H groups in total. The monoisotopic (exact) mass is 434 g/mol.